The number of carbonyl (C=O) groups excluding carboxylic acids is 2. The minimum Gasteiger partial charge on any atom is -0.378 e. The number of ketones is 1. The Morgan fingerprint density at radius 2 is 2.17 bits per heavy atom. The van der Waals surface area contributed by atoms with Crippen LogP contribution in [0.15, 0.2) is 54.6 Å². The van der Waals surface area contributed by atoms with Gasteiger partial charge in [-0.2, -0.15) is 0 Å². The summed E-state index contributed by atoms with van der Waals surface area (Å²) >= 11 is 0. The second-order valence-electron chi connectivity index (χ2n) is 5.86. The molecule has 1 amide bonds. The Hall–Kier alpha value is -3.02. The predicted molar refractivity (Wildman–Crippen MR) is 87.0 cm³/mol. The summed E-state index contributed by atoms with van der Waals surface area (Å²) in [7, 11) is 0. The van der Waals surface area contributed by atoms with E-state index in [1.165, 1.54) is 35.8 Å². The van der Waals surface area contributed by atoms with Crippen molar-refractivity contribution in [3.8, 4) is 0 Å². The molecule has 2 aliphatic rings. The van der Waals surface area contributed by atoms with Crippen molar-refractivity contribution in [1.29, 1.82) is 0 Å². The lowest BCUT2D eigenvalue weighted by Crippen LogP contribution is -2.51. The first kappa shape index (κ1) is 14.6. The minimum atomic E-state index is -0.324. The predicted octanol–water partition coefficient (Wildman–Crippen LogP) is 1.27. The van der Waals surface area contributed by atoms with Crippen LogP contribution in [0.25, 0.3) is 0 Å². The molecule has 6 heteroatoms. The lowest BCUT2D eigenvalue weighted by molar-refractivity contribution is -0.132. The number of aromatic nitrogens is 2. The summed E-state index contributed by atoms with van der Waals surface area (Å²) in [4.78, 5) is 34.7. The van der Waals surface area contributed by atoms with E-state index in [-0.39, 0.29) is 23.4 Å². The number of hydrogen-bond acceptors (Lipinski definition) is 5. The van der Waals surface area contributed by atoms with Gasteiger partial charge in [-0.05, 0) is 17.5 Å². The largest absolute Gasteiger partial charge is 0.378 e. The van der Waals surface area contributed by atoms with Crippen LogP contribution in [0.3, 0.4) is 0 Å². The quantitative estimate of drug-likeness (QED) is 0.666. The van der Waals surface area contributed by atoms with Crippen LogP contribution in [-0.4, -0.2) is 39.6 Å². The molecule has 0 bridgehead atoms. The number of hydrogen-bond donors (Lipinski definition) is 1. The Kier molecular flexibility index (Phi) is 3.57. The molecule has 1 aromatic carbocycles. The van der Waals surface area contributed by atoms with Crippen molar-refractivity contribution in [2.24, 2.45) is 0 Å². The van der Waals surface area contributed by atoms with E-state index in [9.17, 15) is 9.59 Å². The van der Waals surface area contributed by atoms with Gasteiger partial charge in [0, 0.05) is 31.6 Å². The van der Waals surface area contributed by atoms with Gasteiger partial charge < -0.3 is 10.2 Å². The average molecular weight is 320 g/mol. The SMILES string of the molecule is O=C(C=C1NCC2c3ccccc3CCN2C1=O)c1cnccn1. The van der Waals surface area contributed by atoms with Crippen molar-refractivity contribution < 1.29 is 9.59 Å². The van der Waals surface area contributed by atoms with Gasteiger partial charge in [-0.1, -0.05) is 24.3 Å². The number of fused-ring (bicyclic) bond motifs is 3. The fourth-order valence-corrected chi connectivity index (χ4v) is 3.30. The van der Waals surface area contributed by atoms with Crippen molar-refractivity contribution >= 4 is 11.7 Å². The third-order valence-corrected chi connectivity index (χ3v) is 4.48. The van der Waals surface area contributed by atoms with E-state index in [2.05, 4.69) is 27.4 Å². The molecule has 1 fully saturated rings. The fourth-order valence-electron chi connectivity index (χ4n) is 3.30. The van der Waals surface area contributed by atoms with Gasteiger partial charge in [0.1, 0.15) is 11.4 Å². The lowest BCUT2D eigenvalue weighted by Gasteiger charge is -2.41. The van der Waals surface area contributed by atoms with Crippen LogP contribution < -0.4 is 5.32 Å². The minimum absolute atomic E-state index is 0.0196. The molecule has 24 heavy (non-hydrogen) atoms. The van der Waals surface area contributed by atoms with Gasteiger partial charge >= 0.3 is 0 Å². The van der Waals surface area contributed by atoms with Crippen LogP contribution in [0.5, 0.6) is 0 Å². The van der Waals surface area contributed by atoms with Crippen molar-refractivity contribution in [2.45, 2.75) is 12.5 Å². The van der Waals surface area contributed by atoms with E-state index in [4.69, 9.17) is 0 Å². The van der Waals surface area contributed by atoms with Crippen molar-refractivity contribution in [3.05, 3.63) is 71.4 Å². The maximum atomic E-state index is 12.7. The molecule has 4 rings (SSSR count). The molecule has 1 atom stereocenters. The monoisotopic (exact) mass is 320 g/mol. The van der Waals surface area contributed by atoms with E-state index < -0.39 is 0 Å². The van der Waals surface area contributed by atoms with Gasteiger partial charge in [0.05, 0.1) is 12.2 Å². The first-order valence-corrected chi connectivity index (χ1v) is 7.89. The van der Waals surface area contributed by atoms with Gasteiger partial charge in [0.15, 0.2) is 0 Å². The molecular formula is C18H16N4O2. The van der Waals surface area contributed by atoms with Gasteiger partial charge in [0.2, 0.25) is 5.78 Å². The van der Waals surface area contributed by atoms with Crippen LogP contribution in [0, 0.1) is 0 Å². The normalized spacial score (nSPS) is 21.0. The van der Waals surface area contributed by atoms with Crippen LogP contribution >= 0.6 is 0 Å². The molecule has 1 unspecified atom stereocenters. The molecule has 3 heterocycles. The zero-order chi connectivity index (χ0) is 16.5. The summed E-state index contributed by atoms with van der Waals surface area (Å²) < 4.78 is 0. The number of piperazine rings is 1. The third kappa shape index (κ3) is 2.46. The fraction of sp³-hybridized carbons (Fsp3) is 0.222. The Balaban J connectivity index is 1.60. The lowest BCUT2D eigenvalue weighted by atomic mass is 9.91. The highest BCUT2D eigenvalue weighted by Crippen LogP contribution is 2.32. The molecule has 2 aliphatic heterocycles. The molecule has 1 aromatic heterocycles. The van der Waals surface area contributed by atoms with E-state index in [0.29, 0.717) is 18.8 Å². The summed E-state index contributed by atoms with van der Waals surface area (Å²) in [6.07, 6.45) is 6.52. The molecule has 120 valence electrons. The smallest absolute Gasteiger partial charge is 0.270 e. The number of allylic oxidation sites excluding steroid dienone is 1. The third-order valence-electron chi connectivity index (χ3n) is 4.48. The molecule has 0 radical (unpaired) electrons. The second-order valence-corrected chi connectivity index (χ2v) is 5.86. The molecule has 2 aromatic rings. The van der Waals surface area contributed by atoms with Crippen LogP contribution in [0.2, 0.25) is 0 Å². The Morgan fingerprint density at radius 3 is 3.00 bits per heavy atom. The molecule has 1 saturated heterocycles. The standard InChI is InChI=1S/C18H16N4O2/c23-17(15-10-19-6-7-20-15)9-14-18(24)22-8-5-12-3-1-2-4-13(12)16(22)11-21-14/h1-4,6-7,9-10,16,21H,5,8,11H2. The highest BCUT2D eigenvalue weighted by atomic mass is 16.2. The highest BCUT2D eigenvalue weighted by Gasteiger charge is 2.36. The van der Waals surface area contributed by atoms with Crippen LogP contribution in [-0.2, 0) is 11.2 Å². The topological polar surface area (TPSA) is 75.2 Å². The maximum absolute atomic E-state index is 12.7. The highest BCUT2D eigenvalue weighted by molar-refractivity contribution is 6.08. The summed E-state index contributed by atoms with van der Waals surface area (Å²) in [5, 5.41) is 3.11. The summed E-state index contributed by atoms with van der Waals surface area (Å²) in [6.45, 7) is 1.27. The summed E-state index contributed by atoms with van der Waals surface area (Å²) in [5.74, 6) is -0.465. The molecule has 0 aliphatic carbocycles. The Bertz CT molecular complexity index is 832. The van der Waals surface area contributed by atoms with Gasteiger partial charge in [0.25, 0.3) is 5.91 Å². The number of rotatable bonds is 2. The zero-order valence-electron chi connectivity index (χ0n) is 13.0. The summed E-state index contributed by atoms with van der Waals surface area (Å²) in [5.41, 5.74) is 3.02. The maximum Gasteiger partial charge on any atom is 0.270 e. The number of nitrogens with one attached hydrogen (secondary N) is 1. The summed E-state index contributed by atoms with van der Waals surface area (Å²) in [6, 6.07) is 8.22. The molecule has 1 N–H and O–H groups in total. The second kappa shape index (κ2) is 5.88. The van der Waals surface area contributed by atoms with E-state index >= 15 is 0 Å². The van der Waals surface area contributed by atoms with Gasteiger partial charge in [-0.15, -0.1) is 0 Å². The average Bonchev–Trinajstić information content (AvgIpc) is 2.64. The number of benzene rings is 1. The first-order chi connectivity index (χ1) is 11.7. The van der Waals surface area contributed by atoms with E-state index in [1.54, 1.807) is 0 Å². The number of nitrogens with zero attached hydrogens (tertiary/aromatic N) is 3. The number of amides is 1. The van der Waals surface area contributed by atoms with Crippen LogP contribution in [0.4, 0.5) is 0 Å². The van der Waals surface area contributed by atoms with E-state index in [1.807, 2.05) is 17.0 Å². The molecular weight excluding hydrogens is 304 g/mol. The van der Waals surface area contributed by atoms with Crippen molar-refractivity contribution in [2.75, 3.05) is 13.1 Å². The number of carbonyl (C=O) groups is 2. The van der Waals surface area contributed by atoms with Crippen molar-refractivity contribution in [1.82, 2.24) is 20.2 Å². The molecule has 0 spiro atoms. The van der Waals surface area contributed by atoms with Gasteiger partial charge in [-0.3, -0.25) is 14.6 Å². The van der Waals surface area contributed by atoms with Crippen molar-refractivity contribution in [3.63, 3.8) is 0 Å². The molecule has 6 nitrogen and oxygen atoms in total. The molecule has 0 saturated carbocycles. The zero-order valence-corrected chi connectivity index (χ0v) is 13.0. The van der Waals surface area contributed by atoms with Crippen LogP contribution in [0.1, 0.15) is 27.7 Å². The first-order valence-electron chi connectivity index (χ1n) is 7.89. The Morgan fingerprint density at radius 1 is 1.29 bits per heavy atom. The van der Waals surface area contributed by atoms with E-state index in [0.717, 1.165) is 6.42 Å². The van der Waals surface area contributed by atoms with Gasteiger partial charge in [-0.25, -0.2) is 4.98 Å². The Labute approximate surface area is 139 Å².